The molecule has 1 amide bonds. The molecule has 0 radical (unpaired) electrons. The Balaban J connectivity index is 1.33. The van der Waals surface area contributed by atoms with Crippen LogP contribution < -0.4 is 0 Å². The Kier molecular flexibility index (Phi) is 5.00. The van der Waals surface area contributed by atoms with E-state index >= 15 is 0 Å². The number of hydrogen-bond acceptors (Lipinski definition) is 6. The number of carbonyl (C=O) groups is 1. The molecule has 1 aliphatic rings. The van der Waals surface area contributed by atoms with Crippen LogP contribution in [0.4, 0.5) is 0 Å². The standard InChI is InChI=1S/C22H16Cl2N4O3/c1-12-18(19(26-30-12)16-7-2-3-8-17(16)24)22(29)28-10-14(11-28)21-25-20(27-31-21)13-5-4-6-15(23)9-13/h2-9,14H,10-11H2,1H3. The summed E-state index contributed by atoms with van der Waals surface area (Å²) in [6.45, 7) is 2.64. The number of aromatic nitrogens is 3. The molecule has 9 heteroatoms. The minimum absolute atomic E-state index is 0.0340. The Hall–Kier alpha value is -3.16. The van der Waals surface area contributed by atoms with Gasteiger partial charge in [0.25, 0.3) is 5.91 Å². The largest absolute Gasteiger partial charge is 0.360 e. The van der Waals surface area contributed by atoms with Crippen LogP contribution in [0.3, 0.4) is 0 Å². The Morgan fingerprint density at radius 2 is 1.87 bits per heavy atom. The topological polar surface area (TPSA) is 85.3 Å². The summed E-state index contributed by atoms with van der Waals surface area (Å²) in [6, 6.07) is 14.5. The molecule has 0 aliphatic carbocycles. The van der Waals surface area contributed by atoms with Gasteiger partial charge in [-0.05, 0) is 25.1 Å². The second kappa shape index (κ2) is 7.83. The molecule has 5 rings (SSSR count). The van der Waals surface area contributed by atoms with E-state index in [1.165, 1.54) is 0 Å². The molecule has 3 heterocycles. The quantitative estimate of drug-likeness (QED) is 0.418. The van der Waals surface area contributed by atoms with E-state index in [-0.39, 0.29) is 11.8 Å². The fraction of sp³-hybridized carbons (Fsp3) is 0.182. The molecule has 0 spiro atoms. The van der Waals surface area contributed by atoms with Gasteiger partial charge in [-0.25, -0.2) is 0 Å². The maximum Gasteiger partial charge on any atom is 0.259 e. The molecule has 1 aliphatic heterocycles. The molecule has 2 aromatic carbocycles. The van der Waals surface area contributed by atoms with Crippen molar-refractivity contribution in [1.29, 1.82) is 0 Å². The maximum atomic E-state index is 13.2. The molecular weight excluding hydrogens is 439 g/mol. The summed E-state index contributed by atoms with van der Waals surface area (Å²) in [7, 11) is 0. The van der Waals surface area contributed by atoms with Crippen LogP contribution in [0.25, 0.3) is 22.6 Å². The summed E-state index contributed by atoms with van der Waals surface area (Å²) in [5, 5.41) is 9.22. The van der Waals surface area contributed by atoms with Gasteiger partial charge in [-0.3, -0.25) is 4.79 Å². The average molecular weight is 455 g/mol. The number of halogens is 2. The van der Waals surface area contributed by atoms with Crippen LogP contribution >= 0.6 is 23.2 Å². The lowest BCUT2D eigenvalue weighted by molar-refractivity contribution is 0.0568. The third kappa shape index (κ3) is 3.60. The number of nitrogens with zero attached hydrogens (tertiary/aromatic N) is 4. The van der Waals surface area contributed by atoms with Crippen LogP contribution in [-0.2, 0) is 0 Å². The van der Waals surface area contributed by atoms with Gasteiger partial charge in [-0.2, -0.15) is 4.98 Å². The first kappa shape index (κ1) is 19.8. The number of hydrogen-bond donors (Lipinski definition) is 0. The number of carbonyl (C=O) groups excluding carboxylic acids is 1. The van der Waals surface area contributed by atoms with Gasteiger partial charge in [0.2, 0.25) is 11.7 Å². The first-order valence-corrected chi connectivity index (χ1v) is 10.4. The van der Waals surface area contributed by atoms with Crippen molar-refractivity contribution < 1.29 is 13.8 Å². The number of likely N-dealkylation sites (tertiary alicyclic amines) is 1. The molecule has 0 atom stereocenters. The molecule has 0 saturated carbocycles. The molecular formula is C22H16Cl2N4O3. The van der Waals surface area contributed by atoms with Gasteiger partial charge in [0.1, 0.15) is 17.0 Å². The Morgan fingerprint density at radius 3 is 2.65 bits per heavy atom. The van der Waals surface area contributed by atoms with Crippen LogP contribution in [0.2, 0.25) is 10.0 Å². The zero-order valence-corrected chi connectivity index (χ0v) is 17.9. The number of rotatable bonds is 4. The van der Waals surface area contributed by atoms with E-state index in [1.54, 1.807) is 30.0 Å². The van der Waals surface area contributed by atoms with E-state index in [1.807, 2.05) is 30.3 Å². The molecule has 1 saturated heterocycles. The molecule has 0 bridgehead atoms. The lowest BCUT2D eigenvalue weighted by Crippen LogP contribution is -2.48. The van der Waals surface area contributed by atoms with Crippen molar-refractivity contribution in [1.82, 2.24) is 20.2 Å². The first-order valence-electron chi connectivity index (χ1n) is 9.61. The summed E-state index contributed by atoms with van der Waals surface area (Å²) in [4.78, 5) is 19.3. The zero-order chi connectivity index (χ0) is 21.5. The molecule has 7 nitrogen and oxygen atoms in total. The lowest BCUT2D eigenvalue weighted by Gasteiger charge is -2.37. The Bertz CT molecular complexity index is 1280. The second-order valence-electron chi connectivity index (χ2n) is 7.32. The van der Waals surface area contributed by atoms with Crippen LogP contribution in [0, 0.1) is 6.92 Å². The van der Waals surface area contributed by atoms with Crippen LogP contribution in [0.15, 0.2) is 57.6 Å². The molecule has 156 valence electrons. The van der Waals surface area contributed by atoms with Crippen molar-refractivity contribution in [2.75, 3.05) is 13.1 Å². The predicted octanol–water partition coefficient (Wildman–Crippen LogP) is 5.25. The van der Waals surface area contributed by atoms with Crippen molar-refractivity contribution in [3.8, 4) is 22.6 Å². The van der Waals surface area contributed by atoms with Crippen LogP contribution in [0.5, 0.6) is 0 Å². The summed E-state index contributed by atoms with van der Waals surface area (Å²) >= 11 is 12.3. The highest BCUT2D eigenvalue weighted by Gasteiger charge is 2.38. The molecule has 0 N–H and O–H groups in total. The second-order valence-corrected chi connectivity index (χ2v) is 8.16. The predicted molar refractivity (Wildman–Crippen MR) is 115 cm³/mol. The summed E-state index contributed by atoms with van der Waals surface area (Å²) in [5.74, 6) is 1.21. The van der Waals surface area contributed by atoms with Gasteiger partial charge >= 0.3 is 0 Å². The van der Waals surface area contributed by atoms with Gasteiger partial charge in [-0.1, -0.05) is 63.8 Å². The van der Waals surface area contributed by atoms with Crippen LogP contribution in [0.1, 0.15) is 27.9 Å². The SMILES string of the molecule is Cc1onc(-c2ccccc2Cl)c1C(=O)N1CC(c2nc(-c3cccc(Cl)c3)no2)C1. The van der Waals surface area contributed by atoms with Gasteiger partial charge in [0, 0.05) is 29.2 Å². The van der Waals surface area contributed by atoms with Crippen molar-refractivity contribution in [3.05, 3.63) is 75.8 Å². The fourth-order valence-electron chi connectivity index (χ4n) is 3.57. The van der Waals surface area contributed by atoms with E-state index in [2.05, 4.69) is 15.3 Å². The van der Waals surface area contributed by atoms with Crippen LogP contribution in [-0.4, -0.2) is 39.2 Å². The third-order valence-corrected chi connectivity index (χ3v) is 5.81. The molecule has 2 aromatic heterocycles. The summed E-state index contributed by atoms with van der Waals surface area (Å²) in [6.07, 6.45) is 0. The van der Waals surface area contributed by atoms with Gasteiger partial charge < -0.3 is 13.9 Å². The summed E-state index contributed by atoms with van der Waals surface area (Å²) in [5.41, 5.74) is 2.29. The van der Waals surface area contributed by atoms with Crippen molar-refractivity contribution >= 4 is 29.1 Å². The van der Waals surface area contributed by atoms with Crippen molar-refractivity contribution in [2.45, 2.75) is 12.8 Å². The van der Waals surface area contributed by atoms with E-state index in [0.717, 1.165) is 5.56 Å². The maximum absolute atomic E-state index is 13.2. The van der Waals surface area contributed by atoms with E-state index in [9.17, 15) is 4.79 Å². The van der Waals surface area contributed by atoms with Gasteiger partial charge in [-0.15, -0.1) is 0 Å². The van der Waals surface area contributed by atoms with Crippen molar-refractivity contribution in [3.63, 3.8) is 0 Å². The molecule has 1 fully saturated rings. The zero-order valence-electron chi connectivity index (χ0n) is 16.4. The minimum Gasteiger partial charge on any atom is -0.360 e. The monoisotopic (exact) mass is 454 g/mol. The third-order valence-electron chi connectivity index (χ3n) is 5.25. The summed E-state index contributed by atoms with van der Waals surface area (Å²) < 4.78 is 10.7. The fourth-order valence-corrected chi connectivity index (χ4v) is 3.98. The highest BCUT2D eigenvalue weighted by Crippen LogP contribution is 2.35. The normalized spacial score (nSPS) is 14.0. The first-order chi connectivity index (χ1) is 15.0. The Morgan fingerprint density at radius 1 is 1.06 bits per heavy atom. The van der Waals surface area contributed by atoms with E-state index < -0.39 is 0 Å². The number of benzene rings is 2. The van der Waals surface area contributed by atoms with Gasteiger partial charge in [0.15, 0.2) is 0 Å². The average Bonchev–Trinajstić information content (AvgIpc) is 3.34. The number of amides is 1. The smallest absolute Gasteiger partial charge is 0.259 e. The lowest BCUT2D eigenvalue weighted by atomic mass is 9.97. The van der Waals surface area contributed by atoms with E-state index in [0.29, 0.717) is 57.4 Å². The highest BCUT2D eigenvalue weighted by molar-refractivity contribution is 6.33. The number of aryl methyl sites for hydroxylation is 1. The highest BCUT2D eigenvalue weighted by atomic mass is 35.5. The van der Waals surface area contributed by atoms with E-state index in [4.69, 9.17) is 32.2 Å². The molecule has 0 unspecified atom stereocenters. The molecule has 4 aromatic rings. The van der Waals surface area contributed by atoms with Crippen molar-refractivity contribution in [2.24, 2.45) is 0 Å². The van der Waals surface area contributed by atoms with Gasteiger partial charge in [0.05, 0.1) is 10.9 Å². The molecule has 31 heavy (non-hydrogen) atoms. The minimum atomic E-state index is -0.167. The Labute approximate surface area is 187 Å².